The van der Waals surface area contributed by atoms with E-state index in [1.165, 1.54) is 19.2 Å². The Kier molecular flexibility index (Phi) is 8.10. The molecule has 3 rings (SSSR count). The zero-order chi connectivity index (χ0) is 25.0. The molecule has 0 saturated heterocycles. The molecule has 1 unspecified atom stereocenters. The predicted octanol–water partition coefficient (Wildman–Crippen LogP) is 6.66. The number of benzene rings is 3. The third-order valence-electron chi connectivity index (χ3n) is 4.71. The van der Waals surface area contributed by atoms with Gasteiger partial charge in [-0.25, -0.2) is 13.6 Å². The number of imide groups is 1. The third-order valence-corrected chi connectivity index (χ3v) is 6.04. The van der Waals surface area contributed by atoms with Crippen LogP contribution in [0.1, 0.15) is 27.4 Å². The highest BCUT2D eigenvalue weighted by Crippen LogP contribution is 2.39. The lowest BCUT2D eigenvalue weighted by Gasteiger charge is -2.17. The first-order valence-corrected chi connectivity index (χ1v) is 11.0. The molecular weight excluding hydrogens is 555 g/mol. The maximum absolute atomic E-state index is 13.8. The standard InChI is InChI=1S/C23H14BrCl2F2N3O3/c1-34-11-5-6-12(15(24)7-11)14(10-29)13-8-17(26)20(9-16(13)25)30-23(33)31-22(32)21-18(27)3-2-4-19(21)28/h2-9,14H,1H3,(H2,30,31,32,33). The Morgan fingerprint density at radius 3 is 2.32 bits per heavy atom. The van der Waals surface area contributed by atoms with E-state index in [0.29, 0.717) is 21.3 Å². The van der Waals surface area contributed by atoms with Gasteiger partial charge in [-0.1, -0.05) is 51.3 Å². The van der Waals surface area contributed by atoms with Crippen molar-refractivity contribution in [3.8, 4) is 11.8 Å². The fourth-order valence-electron chi connectivity index (χ4n) is 3.09. The van der Waals surface area contributed by atoms with Crippen molar-refractivity contribution < 1.29 is 23.1 Å². The Labute approximate surface area is 211 Å². The number of urea groups is 1. The highest BCUT2D eigenvalue weighted by Gasteiger charge is 2.23. The summed E-state index contributed by atoms with van der Waals surface area (Å²) in [5, 5.41) is 14.0. The van der Waals surface area contributed by atoms with Crippen LogP contribution in [0.3, 0.4) is 0 Å². The van der Waals surface area contributed by atoms with E-state index in [4.69, 9.17) is 27.9 Å². The summed E-state index contributed by atoms with van der Waals surface area (Å²) in [6, 6.07) is 11.7. The summed E-state index contributed by atoms with van der Waals surface area (Å²) in [5.41, 5.74) is 0.0898. The number of nitriles is 1. The van der Waals surface area contributed by atoms with Gasteiger partial charge in [-0.05, 0) is 47.5 Å². The van der Waals surface area contributed by atoms with Gasteiger partial charge in [0.25, 0.3) is 5.91 Å². The van der Waals surface area contributed by atoms with Crippen LogP contribution in [0, 0.1) is 23.0 Å². The van der Waals surface area contributed by atoms with Gasteiger partial charge in [0.1, 0.15) is 22.9 Å². The van der Waals surface area contributed by atoms with Crippen molar-refractivity contribution in [3.63, 3.8) is 0 Å². The molecule has 6 nitrogen and oxygen atoms in total. The lowest BCUT2D eigenvalue weighted by atomic mass is 9.92. The zero-order valence-electron chi connectivity index (χ0n) is 17.3. The van der Waals surface area contributed by atoms with Crippen molar-refractivity contribution in [1.29, 1.82) is 5.26 Å². The Morgan fingerprint density at radius 2 is 1.74 bits per heavy atom. The van der Waals surface area contributed by atoms with Gasteiger partial charge in [0.15, 0.2) is 0 Å². The third kappa shape index (κ3) is 5.47. The molecule has 3 aromatic rings. The van der Waals surface area contributed by atoms with E-state index in [0.717, 1.165) is 18.2 Å². The summed E-state index contributed by atoms with van der Waals surface area (Å²) in [7, 11) is 1.52. The molecule has 34 heavy (non-hydrogen) atoms. The van der Waals surface area contributed by atoms with Crippen LogP contribution in [-0.2, 0) is 0 Å². The van der Waals surface area contributed by atoms with Crippen LogP contribution in [0.5, 0.6) is 5.75 Å². The Bertz CT molecular complexity index is 1310. The molecule has 0 saturated carbocycles. The van der Waals surface area contributed by atoms with E-state index in [9.17, 15) is 23.6 Å². The molecule has 0 spiro atoms. The van der Waals surface area contributed by atoms with Crippen molar-refractivity contribution in [3.05, 3.63) is 91.4 Å². The lowest BCUT2D eigenvalue weighted by molar-refractivity contribution is 0.0959. The molecule has 174 valence electrons. The molecule has 0 radical (unpaired) electrons. The number of amides is 3. The Hall–Kier alpha value is -3.19. The molecular formula is C23H14BrCl2F2N3O3. The lowest BCUT2D eigenvalue weighted by Crippen LogP contribution is -2.35. The van der Waals surface area contributed by atoms with E-state index >= 15 is 0 Å². The van der Waals surface area contributed by atoms with E-state index < -0.39 is 35.1 Å². The first-order chi connectivity index (χ1) is 16.2. The number of rotatable bonds is 5. The van der Waals surface area contributed by atoms with Crippen LogP contribution in [-0.4, -0.2) is 19.0 Å². The molecule has 2 N–H and O–H groups in total. The van der Waals surface area contributed by atoms with Gasteiger partial charge in [-0.2, -0.15) is 5.26 Å². The fraction of sp³-hybridized carbons (Fsp3) is 0.0870. The van der Waals surface area contributed by atoms with Crippen molar-refractivity contribution in [2.24, 2.45) is 0 Å². The van der Waals surface area contributed by atoms with Gasteiger partial charge in [-0.3, -0.25) is 10.1 Å². The molecule has 0 aromatic heterocycles. The number of nitrogens with zero attached hydrogens (tertiary/aromatic N) is 1. The average Bonchev–Trinajstić information content (AvgIpc) is 2.78. The van der Waals surface area contributed by atoms with E-state index in [1.54, 1.807) is 18.2 Å². The SMILES string of the molecule is COc1ccc(C(C#N)c2cc(Cl)c(NC(=O)NC(=O)c3c(F)cccc3F)cc2Cl)c(Br)c1. The number of carbonyl (C=O) groups excluding carboxylic acids is 2. The first kappa shape index (κ1) is 25.4. The smallest absolute Gasteiger partial charge is 0.326 e. The number of hydrogen-bond acceptors (Lipinski definition) is 4. The van der Waals surface area contributed by atoms with Crippen molar-refractivity contribution >= 4 is 56.8 Å². The number of methoxy groups -OCH3 is 1. The second-order valence-corrected chi connectivity index (χ2v) is 8.48. The van der Waals surface area contributed by atoms with Crippen LogP contribution in [0.4, 0.5) is 19.3 Å². The number of ether oxygens (including phenoxy) is 1. The van der Waals surface area contributed by atoms with E-state index in [2.05, 4.69) is 27.3 Å². The minimum atomic E-state index is -1.28. The summed E-state index contributed by atoms with van der Waals surface area (Å²) in [5.74, 6) is -3.74. The highest BCUT2D eigenvalue weighted by atomic mass is 79.9. The molecule has 0 heterocycles. The normalized spacial score (nSPS) is 11.3. The van der Waals surface area contributed by atoms with Crippen LogP contribution in [0.15, 0.2) is 53.0 Å². The molecule has 3 aromatic carbocycles. The van der Waals surface area contributed by atoms with Crippen LogP contribution < -0.4 is 15.4 Å². The average molecular weight is 569 g/mol. The van der Waals surface area contributed by atoms with E-state index in [1.807, 2.05) is 5.32 Å². The minimum Gasteiger partial charge on any atom is -0.497 e. The van der Waals surface area contributed by atoms with Gasteiger partial charge in [-0.15, -0.1) is 0 Å². The van der Waals surface area contributed by atoms with E-state index in [-0.39, 0.29) is 15.7 Å². The number of hydrogen-bond donors (Lipinski definition) is 2. The topological polar surface area (TPSA) is 91.2 Å². The summed E-state index contributed by atoms with van der Waals surface area (Å²) >= 11 is 16.1. The van der Waals surface area contributed by atoms with Gasteiger partial charge < -0.3 is 10.1 Å². The van der Waals surface area contributed by atoms with Crippen molar-refractivity contribution in [1.82, 2.24) is 5.32 Å². The second-order valence-electron chi connectivity index (χ2n) is 6.81. The number of anilines is 1. The Balaban J connectivity index is 1.83. The number of carbonyl (C=O) groups is 2. The monoisotopic (exact) mass is 567 g/mol. The van der Waals surface area contributed by atoms with Crippen molar-refractivity contribution in [2.45, 2.75) is 5.92 Å². The number of halogens is 5. The Morgan fingerprint density at radius 1 is 1.06 bits per heavy atom. The highest BCUT2D eigenvalue weighted by molar-refractivity contribution is 9.10. The van der Waals surface area contributed by atoms with Gasteiger partial charge in [0, 0.05) is 9.50 Å². The van der Waals surface area contributed by atoms with Crippen LogP contribution in [0.25, 0.3) is 0 Å². The van der Waals surface area contributed by atoms with Crippen LogP contribution in [0.2, 0.25) is 10.0 Å². The van der Waals surface area contributed by atoms with Crippen LogP contribution >= 0.6 is 39.1 Å². The number of nitrogens with one attached hydrogen (secondary N) is 2. The van der Waals surface area contributed by atoms with Gasteiger partial charge in [0.05, 0.1) is 29.8 Å². The summed E-state index contributed by atoms with van der Waals surface area (Å²) in [4.78, 5) is 24.3. The molecule has 1 atom stereocenters. The zero-order valence-corrected chi connectivity index (χ0v) is 20.4. The first-order valence-electron chi connectivity index (χ1n) is 9.44. The largest absolute Gasteiger partial charge is 0.497 e. The minimum absolute atomic E-state index is 0.0141. The predicted molar refractivity (Wildman–Crippen MR) is 127 cm³/mol. The molecule has 0 aliphatic heterocycles. The molecule has 11 heteroatoms. The molecule has 0 fully saturated rings. The maximum atomic E-state index is 13.8. The second kappa shape index (κ2) is 10.8. The molecule has 0 aliphatic rings. The van der Waals surface area contributed by atoms with Gasteiger partial charge in [0.2, 0.25) is 0 Å². The van der Waals surface area contributed by atoms with Crippen molar-refractivity contribution in [2.75, 3.05) is 12.4 Å². The molecule has 0 bridgehead atoms. The summed E-state index contributed by atoms with van der Waals surface area (Å²) in [6.45, 7) is 0. The quantitative estimate of drug-likeness (QED) is 0.360. The van der Waals surface area contributed by atoms with Gasteiger partial charge >= 0.3 is 6.03 Å². The molecule has 0 aliphatic carbocycles. The fourth-order valence-corrected chi connectivity index (χ4v) is 4.17. The summed E-state index contributed by atoms with van der Waals surface area (Å²) in [6.07, 6.45) is 0. The maximum Gasteiger partial charge on any atom is 0.326 e. The summed E-state index contributed by atoms with van der Waals surface area (Å²) < 4.78 is 33.3. The molecule has 3 amide bonds.